The molecule has 1 aliphatic heterocycles. The molecule has 2 rings (SSSR count). The molecule has 0 bridgehead atoms. The highest BCUT2D eigenvalue weighted by atomic mass is 19.1. The number of nitrogens with two attached hydrogens (primary N) is 1. The number of piperidine rings is 1. The fourth-order valence-corrected chi connectivity index (χ4v) is 2.66. The summed E-state index contributed by atoms with van der Waals surface area (Å²) in [5.41, 5.74) is 6.79. The molecule has 0 saturated carbocycles. The average Bonchev–Trinajstić information content (AvgIpc) is 2.42. The normalized spacial score (nSPS) is 18.1. The van der Waals surface area contributed by atoms with Crippen LogP contribution in [0.25, 0.3) is 0 Å². The Labute approximate surface area is 120 Å². The molecule has 2 N–H and O–H groups in total. The molecule has 3 nitrogen and oxygen atoms in total. The number of hydrogen-bond donors (Lipinski definition) is 1. The van der Waals surface area contributed by atoms with Crippen LogP contribution >= 0.6 is 0 Å². The molecule has 1 aromatic carbocycles. The number of benzene rings is 1. The van der Waals surface area contributed by atoms with E-state index in [2.05, 4.69) is 18.7 Å². The van der Waals surface area contributed by atoms with E-state index in [1.54, 1.807) is 12.1 Å². The minimum absolute atomic E-state index is 0.149. The molecule has 0 spiro atoms. The third-order valence-electron chi connectivity index (χ3n) is 3.82. The molecule has 1 atom stereocenters. The van der Waals surface area contributed by atoms with E-state index >= 15 is 0 Å². The van der Waals surface area contributed by atoms with Crippen molar-refractivity contribution in [3.8, 4) is 5.75 Å². The summed E-state index contributed by atoms with van der Waals surface area (Å²) in [6.07, 6.45) is 4.12. The Hall–Kier alpha value is -1.29. The Morgan fingerprint density at radius 1 is 1.40 bits per heavy atom. The van der Waals surface area contributed by atoms with Crippen molar-refractivity contribution in [3.63, 3.8) is 0 Å². The van der Waals surface area contributed by atoms with Gasteiger partial charge in [0, 0.05) is 25.2 Å². The number of nitrogens with zero attached hydrogens (tertiary/aromatic N) is 1. The van der Waals surface area contributed by atoms with Gasteiger partial charge in [0.1, 0.15) is 11.6 Å². The molecule has 112 valence electrons. The zero-order valence-electron chi connectivity index (χ0n) is 12.4. The lowest BCUT2D eigenvalue weighted by molar-refractivity contribution is 0.210. The topological polar surface area (TPSA) is 38.5 Å². The zero-order chi connectivity index (χ0) is 14.5. The van der Waals surface area contributed by atoms with E-state index in [-0.39, 0.29) is 18.0 Å². The maximum atomic E-state index is 13.6. The number of ether oxygens (including phenoxy) is 1. The van der Waals surface area contributed by atoms with Crippen molar-refractivity contribution in [3.05, 3.63) is 24.0 Å². The summed E-state index contributed by atoms with van der Waals surface area (Å²) in [5.74, 6) is 0.563. The van der Waals surface area contributed by atoms with Crippen LogP contribution in [0.4, 0.5) is 10.1 Å². The van der Waals surface area contributed by atoms with Crippen molar-refractivity contribution >= 4 is 5.69 Å². The molecule has 1 aromatic rings. The van der Waals surface area contributed by atoms with Gasteiger partial charge < -0.3 is 15.4 Å². The Morgan fingerprint density at radius 2 is 2.10 bits per heavy atom. The molecule has 0 aromatic heterocycles. The first-order valence-electron chi connectivity index (χ1n) is 7.57. The second kappa shape index (κ2) is 6.93. The lowest BCUT2D eigenvalue weighted by Gasteiger charge is -2.33. The van der Waals surface area contributed by atoms with Crippen LogP contribution < -0.4 is 15.4 Å². The predicted molar refractivity (Wildman–Crippen MR) is 80.8 cm³/mol. The van der Waals surface area contributed by atoms with Crippen molar-refractivity contribution in [2.24, 2.45) is 5.73 Å². The maximum absolute atomic E-state index is 13.6. The van der Waals surface area contributed by atoms with Gasteiger partial charge in [0.15, 0.2) is 0 Å². The van der Waals surface area contributed by atoms with E-state index < -0.39 is 0 Å². The minimum atomic E-state index is -0.217. The predicted octanol–water partition coefficient (Wildman–Crippen LogP) is 3.32. The standard InChI is InChI=1S/C16H25FN2O/c1-3-4-12(2)20-16-6-5-13(17)11-15(16)19-9-7-14(18)8-10-19/h5-6,11-12,14H,3-4,7-10,18H2,1-2H3. The summed E-state index contributed by atoms with van der Waals surface area (Å²) in [4.78, 5) is 2.18. The van der Waals surface area contributed by atoms with E-state index in [4.69, 9.17) is 10.5 Å². The highest BCUT2D eigenvalue weighted by Crippen LogP contribution is 2.32. The zero-order valence-corrected chi connectivity index (χ0v) is 12.4. The highest BCUT2D eigenvalue weighted by Gasteiger charge is 2.20. The van der Waals surface area contributed by atoms with Gasteiger partial charge in [-0.25, -0.2) is 4.39 Å². The summed E-state index contributed by atoms with van der Waals surface area (Å²) in [6, 6.07) is 5.05. The molecule has 4 heteroatoms. The van der Waals surface area contributed by atoms with Crippen molar-refractivity contribution in [1.29, 1.82) is 0 Å². The summed E-state index contributed by atoms with van der Waals surface area (Å²) in [6.45, 7) is 5.92. The molecule has 0 radical (unpaired) electrons. The van der Waals surface area contributed by atoms with Crippen molar-refractivity contribution < 1.29 is 9.13 Å². The number of anilines is 1. The van der Waals surface area contributed by atoms with Gasteiger partial charge in [-0.05, 0) is 38.3 Å². The van der Waals surface area contributed by atoms with Crippen LogP contribution in [-0.2, 0) is 0 Å². The molecule has 0 amide bonds. The Balaban J connectivity index is 2.15. The Kier molecular flexibility index (Phi) is 5.24. The second-order valence-corrected chi connectivity index (χ2v) is 5.65. The van der Waals surface area contributed by atoms with Crippen LogP contribution in [0.15, 0.2) is 18.2 Å². The smallest absolute Gasteiger partial charge is 0.143 e. The lowest BCUT2D eigenvalue weighted by atomic mass is 10.1. The molecule has 1 heterocycles. The third-order valence-corrected chi connectivity index (χ3v) is 3.82. The highest BCUT2D eigenvalue weighted by molar-refractivity contribution is 5.59. The van der Waals surface area contributed by atoms with Crippen molar-refractivity contribution in [2.45, 2.75) is 51.7 Å². The van der Waals surface area contributed by atoms with Gasteiger partial charge in [0.2, 0.25) is 0 Å². The maximum Gasteiger partial charge on any atom is 0.143 e. The monoisotopic (exact) mass is 280 g/mol. The van der Waals surface area contributed by atoms with Gasteiger partial charge in [0.05, 0.1) is 11.8 Å². The van der Waals surface area contributed by atoms with Crippen LogP contribution in [0, 0.1) is 5.82 Å². The summed E-state index contributed by atoms with van der Waals surface area (Å²) in [5, 5.41) is 0. The van der Waals surface area contributed by atoms with Gasteiger partial charge in [-0.15, -0.1) is 0 Å². The molecule has 1 saturated heterocycles. The van der Waals surface area contributed by atoms with E-state index in [1.165, 1.54) is 6.07 Å². The largest absolute Gasteiger partial charge is 0.489 e. The number of rotatable bonds is 5. The van der Waals surface area contributed by atoms with Crippen molar-refractivity contribution in [2.75, 3.05) is 18.0 Å². The molecule has 1 fully saturated rings. The molecule has 1 unspecified atom stereocenters. The first kappa shape index (κ1) is 15.1. The first-order valence-corrected chi connectivity index (χ1v) is 7.57. The quantitative estimate of drug-likeness (QED) is 0.899. The summed E-state index contributed by atoms with van der Waals surface area (Å²) < 4.78 is 19.5. The van der Waals surface area contributed by atoms with Gasteiger partial charge in [-0.1, -0.05) is 13.3 Å². The van der Waals surface area contributed by atoms with Crippen LogP contribution in [-0.4, -0.2) is 25.2 Å². The average molecular weight is 280 g/mol. The summed E-state index contributed by atoms with van der Waals surface area (Å²) >= 11 is 0. The fraction of sp³-hybridized carbons (Fsp3) is 0.625. The Morgan fingerprint density at radius 3 is 2.75 bits per heavy atom. The van der Waals surface area contributed by atoms with Gasteiger partial charge >= 0.3 is 0 Å². The SMILES string of the molecule is CCCC(C)Oc1ccc(F)cc1N1CCC(N)CC1. The fourth-order valence-electron chi connectivity index (χ4n) is 2.66. The molecular weight excluding hydrogens is 255 g/mol. The van der Waals surface area contributed by atoms with E-state index in [1.807, 2.05) is 0 Å². The Bertz CT molecular complexity index is 430. The lowest BCUT2D eigenvalue weighted by Crippen LogP contribution is -2.40. The van der Waals surface area contributed by atoms with Crippen molar-refractivity contribution in [1.82, 2.24) is 0 Å². The van der Waals surface area contributed by atoms with Crippen LogP contribution in [0.5, 0.6) is 5.75 Å². The van der Waals surface area contributed by atoms with Gasteiger partial charge in [0.25, 0.3) is 0 Å². The molecule has 20 heavy (non-hydrogen) atoms. The number of halogens is 1. The van der Waals surface area contributed by atoms with Gasteiger partial charge in [-0.2, -0.15) is 0 Å². The minimum Gasteiger partial charge on any atom is -0.489 e. The summed E-state index contributed by atoms with van der Waals surface area (Å²) in [7, 11) is 0. The van der Waals surface area contributed by atoms with Crippen LogP contribution in [0.1, 0.15) is 39.5 Å². The first-order chi connectivity index (χ1) is 9.60. The van der Waals surface area contributed by atoms with E-state index in [0.29, 0.717) is 0 Å². The van der Waals surface area contributed by atoms with E-state index in [9.17, 15) is 4.39 Å². The second-order valence-electron chi connectivity index (χ2n) is 5.65. The van der Waals surface area contributed by atoms with E-state index in [0.717, 1.165) is 50.2 Å². The molecule has 0 aliphatic carbocycles. The van der Waals surface area contributed by atoms with Crippen LogP contribution in [0.2, 0.25) is 0 Å². The van der Waals surface area contributed by atoms with Gasteiger partial charge in [-0.3, -0.25) is 0 Å². The van der Waals surface area contributed by atoms with Crippen LogP contribution in [0.3, 0.4) is 0 Å². The molecular formula is C16H25FN2O. The third kappa shape index (κ3) is 3.85. The molecule has 1 aliphatic rings. The number of hydrogen-bond acceptors (Lipinski definition) is 3.